The molecule has 0 aliphatic heterocycles. The molecule has 2 radical (unpaired) electrons. The van der Waals surface area contributed by atoms with Gasteiger partial charge in [0.05, 0.1) is 16.6 Å². The van der Waals surface area contributed by atoms with Crippen LogP contribution in [0.1, 0.15) is 17.7 Å². The van der Waals surface area contributed by atoms with Gasteiger partial charge >= 0.3 is 0 Å². The number of para-hydroxylation sites is 2. The molecule has 0 saturated carbocycles. The molecule has 10 rings (SSSR count). The summed E-state index contributed by atoms with van der Waals surface area (Å²) in [5.41, 5.74) is 11.9. The summed E-state index contributed by atoms with van der Waals surface area (Å²) >= 11 is 1.77. The number of fused-ring (bicyclic) bond motifs is 9. The monoisotopic (exact) mass is 602 g/mol. The lowest BCUT2D eigenvalue weighted by atomic mass is 9.93. The van der Waals surface area contributed by atoms with Crippen LogP contribution in [0.5, 0.6) is 0 Å². The highest BCUT2D eigenvalue weighted by Gasteiger charge is 2.22. The van der Waals surface area contributed by atoms with E-state index in [1.807, 2.05) is 0 Å². The molecule has 0 N–H and O–H groups in total. The molecule has 9 aromatic rings. The van der Waals surface area contributed by atoms with Gasteiger partial charge in [-0.05, 0) is 72.5 Å². The van der Waals surface area contributed by atoms with E-state index >= 15 is 0 Å². The largest absolute Gasteiger partial charge is 0.313 e. The highest BCUT2D eigenvalue weighted by atomic mass is 32.1. The summed E-state index contributed by atoms with van der Waals surface area (Å²) in [6, 6.07) is 46.4. The fraction of sp³-hybridized carbons (Fsp3) is 0.0476. The summed E-state index contributed by atoms with van der Waals surface area (Å²) in [6.45, 7) is 0. The molecule has 0 amide bonds. The molecule has 0 atom stereocenters. The molecule has 1 aliphatic carbocycles. The van der Waals surface area contributed by atoms with E-state index in [9.17, 15) is 0 Å². The maximum Gasteiger partial charge on any atom is 0.115 e. The molecule has 4 heteroatoms. The van der Waals surface area contributed by atoms with Crippen LogP contribution in [0.15, 0.2) is 133 Å². The van der Waals surface area contributed by atoms with Crippen molar-refractivity contribution in [2.75, 3.05) is 0 Å². The van der Waals surface area contributed by atoms with Crippen molar-refractivity contribution >= 4 is 83.6 Å². The SMILES string of the molecule is [B]c1cc(-n2c3ccccc3c3ccc(-c4cccc5c4c4c(n5-c5ccccc5)CCC=C4)cc32)cc2c1sc1ccccc12. The number of nitrogens with zero attached hydrogens (tertiary/aromatic N) is 2. The highest BCUT2D eigenvalue weighted by molar-refractivity contribution is 7.26. The summed E-state index contributed by atoms with van der Waals surface area (Å²) in [7, 11) is 6.80. The first-order chi connectivity index (χ1) is 22.7. The van der Waals surface area contributed by atoms with Crippen molar-refractivity contribution in [1.82, 2.24) is 9.13 Å². The van der Waals surface area contributed by atoms with Crippen LogP contribution in [0.25, 0.3) is 81.5 Å². The minimum Gasteiger partial charge on any atom is -0.313 e. The minimum absolute atomic E-state index is 0.821. The average Bonchev–Trinajstić information content (AvgIpc) is 3.76. The Kier molecular flexibility index (Phi) is 5.55. The number of allylic oxidation sites excluding steroid dienone is 1. The van der Waals surface area contributed by atoms with Crippen molar-refractivity contribution < 1.29 is 0 Å². The first-order valence-electron chi connectivity index (χ1n) is 15.9. The molecule has 1 aliphatic rings. The maximum absolute atomic E-state index is 6.80. The van der Waals surface area contributed by atoms with Gasteiger partial charge in [0.1, 0.15) is 7.85 Å². The number of hydrogen-bond acceptors (Lipinski definition) is 1. The second-order valence-electron chi connectivity index (χ2n) is 12.3. The molecule has 2 nitrogen and oxygen atoms in total. The summed E-state index contributed by atoms with van der Waals surface area (Å²) in [4.78, 5) is 0. The lowest BCUT2D eigenvalue weighted by Crippen LogP contribution is -2.05. The normalized spacial score (nSPS) is 13.0. The highest BCUT2D eigenvalue weighted by Crippen LogP contribution is 2.42. The number of benzene rings is 6. The Morgan fingerprint density at radius 3 is 2.28 bits per heavy atom. The zero-order chi connectivity index (χ0) is 30.4. The molecule has 0 saturated heterocycles. The van der Waals surface area contributed by atoms with Crippen molar-refractivity contribution in [2.45, 2.75) is 12.8 Å². The molecule has 0 bridgehead atoms. The minimum atomic E-state index is 0.821. The van der Waals surface area contributed by atoms with Crippen molar-refractivity contribution in [3.63, 3.8) is 0 Å². The van der Waals surface area contributed by atoms with E-state index in [-0.39, 0.29) is 0 Å². The summed E-state index contributed by atoms with van der Waals surface area (Å²) in [6.07, 6.45) is 6.75. The number of thiophene rings is 1. The van der Waals surface area contributed by atoms with Crippen LogP contribution in [0.4, 0.5) is 0 Å². The second kappa shape index (κ2) is 9.84. The van der Waals surface area contributed by atoms with E-state index in [4.69, 9.17) is 7.85 Å². The molecule has 0 unspecified atom stereocenters. The molecule has 6 aromatic carbocycles. The van der Waals surface area contributed by atoms with Gasteiger partial charge in [0, 0.05) is 59.0 Å². The summed E-state index contributed by atoms with van der Waals surface area (Å²) in [5.74, 6) is 0. The Labute approximate surface area is 271 Å². The van der Waals surface area contributed by atoms with Gasteiger partial charge in [0.15, 0.2) is 0 Å². The predicted octanol–water partition coefficient (Wildman–Crippen LogP) is 10.5. The summed E-state index contributed by atoms with van der Waals surface area (Å²) < 4.78 is 7.29. The topological polar surface area (TPSA) is 9.86 Å². The average molecular weight is 603 g/mol. The van der Waals surface area contributed by atoms with Gasteiger partial charge in [-0.3, -0.25) is 0 Å². The third-order valence-corrected chi connectivity index (χ3v) is 11.0. The molecule has 214 valence electrons. The zero-order valence-electron chi connectivity index (χ0n) is 25.1. The quantitative estimate of drug-likeness (QED) is 0.178. The zero-order valence-corrected chi connectivity index (χ0v) is 25.9. The van der Waals surface area contributed by atoms with E-state index in [1.54, 1.807) is 11.3 Å². The lowest BCUT2D eigenvalue weighted by molar-refractivity contribution is 0.888. The van der Waals surface area contributed by atoms with Crippen LogP contribution in [-0.2, 0) is 6.42 Å². The van der Waals surface area contributed by atoms with Gasteiger partial charge in [-0.1, -0.05) is 96.5 Å². The van der Waals surface area contributed by atoms with Crippen molar-refractivity contribution in [2.24, 2.45) is 0 Å². The smallest absolute Gasteiger partial charge is 0.115 e. The molecule has 0 spiro atoms. The van der Waals surface area contributed by atoms with Gasteiger partial charge in [-0.15, -0.1) is 11.3 Å². The van der Waals surface area contributed by atoms with E-state index in [1.165, 1.54) is 76.3 Å². The third-order valence-electron chi connectivity index (χ3n) is 9.71. The van der Waals surface area contributed by atoms with E-state index in [0.29, 0.717) is 0 Å². The molecular formula is C42H27BN2S. The third kappa shape index (κ3) is 3.65. The van der Waals surface area contributed by atoms with Crippen molar-refractivity contribution in [3.05, 3.63) is 145 Å². The first kappa shape index (κ1) is 26.0. The van der Waals surface area contributed by atoms with Crippen LogP contribution in [-0.4, -0.2) is 17.0 Å². The standard InChI is InChI=1S/C42H27BN2S/c43-35-25-28(24-34-32-14-6-9-20-40(32)46-42(34)35)45-36-17-7-4-13-30(36)31-22-21-26(23-39(31)45)29-16-10-19-38-41(29)33-15-5-8-18-37(33)44(38)27-11-2-1-3-12-27/h1-7,9-17,19-25H,8,18H2. The number of rotatable bonds is 3. The van der Waals surface area contributed by atoms with Gasteiger partial charge in [-0.25, -0.2) is 0 Å². The Morgan fingerprint density at radius 1 is 0.587 bits per heavy atom. The van der Waals surface area contributed by atoms with Gasteiger partial charge < -0.3 is 9.13 Å². The fourth-order valence-corrected chi connectivity index (χ4v) is 8.87. The Morgan fingerprint density at radius 2 is 1.37 bits per heavy atom. The van der Waals surface area contributed by atoms with Crippen LogP contribution in [0.3, 0.4) is 0 Å². The van der Waals surface area contributed by atoms with Crippen LogP contribution >= 0.6 is 11.3 Å². The molecule has 3 aromatic heterocycles. The van der Waals surface area contributed by atoms with Crippen molar-refractivity contribution in [1.29, 1.82) is 0 Å². The second-order valence-corrected chi connectivity index (χ2v) is 13.3. The molecular weight excluding hydrogens is 575 g/mol. The maximum atomic E-state index is 6.80. The first-order valence-corrected chi connectivity index (χ1v) is 16.7. The number of aromatic nitrogens is 2. The van der Waals surface area contributed by atoms with E-state index < -0.39 is 0 Å². The summed E-state index contributed by atoms with van der Waals surface area (Å²) in [5, 5.41) is 6.26. The Bertz CT molecular complexity index is 2700. The van der Waals surface area contributed by atoms with Gasteiger partial charge in [0.25, 0.3) is 0 Å². The van der Waals surface area contributed by atoms with Crippen LogP contribution in [0.2, 0.25) is 0 Å². The van der Waals surface area contributed by atoms with Gasteiger partial charge in [-0.2, -0.15) is 0 Å². The fourth-order valence-electron chi connectivity index (χ4n) is 7.76. The van der Waals surface area contributed by atoms with Crippen LogP contribution in [0, 0.1) is 0 Å². The lowest BCUT2D eigenvalue weighted by Gasteiger charge is -2.13. The van der Waals surface area contributed by atoms with Gasteiger partial charge in [0.2, 0.25) is 0 Å². The Hall–Kier alpha value is -5.32. The number of hydrogen-bond donors (Lipinski definition) is 0. The van der Waals surface area contributed by atoms with E-state index in [0.717, 1.165) is 28.7 Å². The Balaban J connectivity index is 1.26. The molecule has 0 fully saturated rings. The molecule has 3 heterocycles. The van der Waals surface area contributed by atoms with E-state index in [2.05, 4.69) is 149 Å². The molecule has 46 heavy (non-hydrogen) atoms. The van der Waals surface area contributed by atoms with Crippen molar-refractivity contribution in [3.8, 4) is 22.5 Å². The predicted molar refractivity (Wildman–Crippen MR) is 199 cm³/mol. The van der Waals surface area contributed by atoms with Crippen LogP contribution < -0.4 is 5.46 Å².